The van der Waals surface area contributed by atoms with Crippen molar-refractivity contribution in [3.63, 3.8) is 0 Å². The number of fused-ring (bicyclic) bond motifs is 1. The van der Waals surface area contributed by atoms with Gasteiger partial charge < -0.3 is 5.32 Å². The molecule has 0 aliphatic heterocycles. The third kappa shape index (κ3) is 4.02. The van der Waals surface area contributed by atoms with E-state index < -0.39 is 5.56 Å². The van der Waals surface area contributed by atoms with Gasteiger partial charge in [-0.15, -0.1) is 0 Å². The number of aromatic nitrogens is 4. The van der Waals surface area contributed by atoms with Crippen LogP contribution in [0.25, 0.3) is 16.8 Å². The zero-order chi connectivity index (χ0) is 20.4. The van der Waals surface area contributed by atoms with Crippen molar-refractivity contribution in [3.05, 3.63) is 87.2 Å². The SMILES string of the molecule is O=C(Cc1n[nH]c(=O)c2cc(-c3ccc(F)cc3)nn12)NCc1ccccc1Cl. The van der Waals surface area contributed by atoms with Crippen LogP contribution >= 0.6 is 11.6 Å². The molecule has 0 atom stereocenters. The number of nitrogens with zero attached hydrogens (tertiary/aromatic N) is 3. The fraction of sp³-hybridized carbons (Fsp3) is 0.100. The molecular weight excluding hydrogens is 397 g/mol. The number of aromatic amines is 1. The van der Waals surface area contributed by atoms with Crippen LogP contribution in [0.1, 0.15) is 11.4 Å². The second kappa shape index (κ2) is 7.84. The van der Waals surface area contributed by atoms with Gasteiger partial charge in [-0.2, -0.15) is 10.2 Å². The van der Waals surface area contributed by atoms with Gasteiger partial charge in [-0.3, -0.25) is 9.59 Å². The molecule has 1 amide bonds. The molecule has 2 N–H and O–H groups in total. The largest absolute Gasteiger partial charge is 0.352 e. The molecule has 0 saturated carbocycles. The van der Waals surface area contributed by atoms with Gasteiger partial charge in [0.05, 0.1) is 12.1 Å². The summed E-state index contributed by atoms with van der Waals surface area (Å²) >= 11 is 6.09. The minimum absolute atomic E-state index is 0.0950. The highest BCUT2D eigenvalue weighted by Gasteiger charge is 2.15. The summed E-state index contributed by atoms with van der Waals surface area (Å²) < 4.78 is 14.5. The quantitative estimate of drug-likeness (QED) is 0.528. The van der Waals surface area contributed by atoms with Crippen LogP contribution in [0.2, 0.25) is 5.02 Å². The van der Waals surface area contributed by atoms with Crippen LogP contribution in [0.5, 0.6) is 0 Å². The Morgan fingerprint density at radius 1 is 1.17 bits per heavy atom. The molecule has 2 heterocycles. The number of halogens is 2. The van der Waals surface area contributed by atoms with Gasteiger partial charge in [0, 0.05) is 17.1 Å². The molecule has 4 rings (SSSR count). The number of hydrogen-bond donors (Lipinski definition) is 2. The minimum Gasteiger partial charge on any atom is -0.352 e. The first-order chi connectivity index (χ1) is 14.0. The fourth-order valence-electron chi connectivity index (χ4n) is 2.88. The second-order valence-corrected chi connectivity index (χ2v) is 6.75. The normalized spacial score (nSPS) is 11.0. The van der Waals surface area contributed by atoms with Gasteiger partial charge in [0.1, 0.15) is 11.3 Å². The maximum Gasteiger partial charge on any atom is 0.290 e. The summed E-state index contributed by atoms with van der Waals surface area (Å²) in [5.41, 5.74) is 1.71. The predicted octanol–water partition coefficient (Wildman–Crippen LogP) is 2.74. The summed E-state index contributed by atoms with van der Waals surface area (Å²) in [5.74, 6) is -0.401. The van der Waals surface area contributed by atoms with Crippen LogP contribution in [0.15, 0.2) is 59.4 Å². The topological polar surface area (TPSA) is 92.2 Å². The maximum atomic E-state index is 13.2. The Bertz CT molecular complexity index is 1250. The molecule has 0 aliphatic carbocycles. The number of rotatable bonds is 5. The minimum atomic E-state index is -0.439. The Balaban J connectivity index is 1.58. The zero-order valence-electron chi connectivity index (χ0n) is 15.0. The molecule has 0 radical (unpaired) electrons. The van der Waals surface area contributed by atoms with E-state index in [-0.39, 0.29) is 36.0 Å². The van der Waals surface area contributed by atoms with E-state index in [0.717, 1.165) is 5.56 Å². The van der Waals surface area contributed by atoms with E-state index in [1.807, 2.05) is 18.2 Å². The summed E-state index contributed by atoms with van der Waals surface area (Å²) in [4.78, 5) is 24.5. The Morgan fingerprint density at radius 2 is 1.93 bits per heavy atom. The number of amides is 1. The summed E-state index contributed by atoms with van der Waals surface area (Å²) in [5, 5.41) is 14.0. The van der Waals surface area contributed by atoms with Crippen LogP contribution in [0.3, 0.4) is 0 Å². The highest BCUT2D eigenvalue weighted by molar-refractivity contribution is 6.31. The molecule has 0 unspecified atom stereocenters. The van der Waals surface area contributed by atoms with E-state index in [0.29, 0.717) is 16.3 Å². The molecule has 0 spiro atoms. The van der Waals surface area contributed by atoms with Crippen LogP contribution < -0.4 is 10.9 Å². The molecule has 0 bridgehead atoms. The fourth-order valence-corrected chi connectivity index (χ4v) is 3.08. The predicted molar refractivity (Wildman–Crippen MR) is 106 cm³/mol. The van der Waals surface area contributed by atoms with Gasteiger partial charge in [-0.05, 0) is 42.0 Å². The molecule has 0 aliphatic rings. The Labute approximate surface area is 169 Å². The molecule has 2 aromatic carbocycles. The third-order valence-electron chi connectivity index (χ3n) is 4.37. The lowest BCUT2D eigenvalue weighted by Crippen LogP contribution is -2.27. The molecule has 4 aromatic rings. The van der Waals surface area contributed by atoms with E-state index in [1.54, 1.807) is 24.3 Å². The summed E-state index contributed by atoms with van der Waals surface area (Å²) in [7, 11) is 0. The van der Waals surface area contributed by atoms with Crippen molar-refractivity contribution in [3.8, 4) is 11.3 Å². The van der Waals surface area contributed by atoms with Gasteiger partial charge in [0.2, 0.25) is 5.91 Å². The first-order valence-electron chi connectivity index (χ1n) is 8.74. The average Bonchev–Trinajstić information content (AvgIpc) is 3.17. The van der Waals surface area contributed by atoms with Crippen molar-refractivity contribution >= 4 is 23.0 Å². The lowest BCUT2D eigenvalue weighted by molar-refractivity contribution is -0.120. The molecule has 146 valence electrons. The van der Waals surface area contributed by atoms with Crippen molar-refractivity contribution in [1.82, 2.24) is 25.1 Å². The molecule has 7 nitrogen and oxygen atoms in total. The van der Waals surface area contributed by atoms with Crippen LogP contribution in [0, 0.1) is 5.82 Å². The van der Waals surface area contributed by atoms with E-state index in [1.165, 1.54) is 16.6 Å². The lowest BCUT2D eigenvalue weighted by atomic mass is 10.1. The first-order valence-corrected chi connectivity index (χ1v) is 9.12. The van der Waals surface area contributed by atoms with Gasteiger partial charge >= 0.3 is 0 Å². The molecule has 29 heavy (non-hydrogen) atoms. The Hall–Kier alpha value is -3.52. The van der Waals surface area contributed by atoms with Crippen LogP contribution in [-0.4, -0.2) is 25.7 Å². The third-order valence-corrected chi connectivity index (χ3v) is 4.73. The number of carbonyl (C=O) groups excluding carboxylic acids is 1. The second-order valence-electron chi connectivity index (χ2n) is 6.35. The van der Waals surface area contributed by atoms with Crippen LogP contribution in [-0.2, 0) is 17.8 Å². The monoisotopic (exact) mass is 411 g/mol. The number of hydrogen-bond acceptors (Lipinski definition) is 4. The highest BCUT2D eigenvalue weighted by atomic mass is 35.5. The molecule has 2 aromatic heterocycles. The Kier molecular flexibility index (Phi) is 5.09. The summed E-state index contributed by atoms with van der Waals surface area (Å²) in [6.45, 7) is 0.269. The summed E-state index contributed by atoms with van der Waals surface area (Å²) in [6, 6.07) is 14.5. The molecule has 0 saturated heterocycles. The first kappa shape index (κ1) is 18.8. The van der Waals surface area contributed by atoms with E-state index in [4.69, 9.17) is 11.6 Å². The molecule has 0 fully saturated rings. The van der Waals surface area contributed by atoms with Crippen molar-refractivity contribution < 1.29 is 9.18 Å². The van der Waals surface area contributed by atoms with Crippen LogP contribution in [0.4, 0.5) is 4.39 Å². The van der Waals surface area contributed by atoms with Crippen molar-refractivity contribution in [2.24, 2.45) is 0 Å². The number of benzene rings is 2. The van der Waals surface area contributed by atoms with Crippen molar-refractivity contribution in [1.29, 1.82) is 0 Å². The smallest absolute Gasteiger partial charge is 0.290 e. The lowest BCUT2D eigenvalue weighted by Gasteiger charge is -2.07. The van der Waals surface area contributed by atoms with E-state index in [2.05, 4.69) is 20.6 Å². The van der Waals surface area contributed by atoms with E-state index in [9.17, 15) is 14.0 Å². The van der Waals surface area contributed by atoms with E-state index >= 15 is 0 Å². The maximum absolute atomic E-state index is 13.2. The summed E-state index contributed by atoms with van der Waals surface area (Å²) in [6.07, 6.45) is -0.0950. The van der Waals surface area contributed by atoms with Crippen molar-refractivity contribution in [2.45, 2.75) is 13.0 Å². The number of nitrogens with one attached hydrogen (secondary N) is 2. The number of H-pyrrole nitrogens is 1. The average molecular weight is 412 g/mol. The number of carbonyl (C=O) groups is 1. The van der Waals surface area contributed by atoms with Gasteiger partial charge in [-0.25, -0.2) is 14.0 Å². The zero-order valence-corrected chi connectivity index (χ0v) is 15.8. The highest BCUT2D eigenvalue weighted by Crippen LogP contribution is 2.19. The van der Waals surface area contributed by atoms with Gasteiger partial charge in [0.25, 0.3) is 5.56 Å². The van der Waals surface area contributed by atoms with Gasteiger partial charge in [0.15, 0.2) is 5.82 Å². The van der Waals surface area contributed by atoms with Crippen molar-refractivity contribution in [2.75, 3.05) is 0 Å². The molecule has 9 heteroatoms. The molecular formula is C20H15ClFN5O2. The van der Waals surface area contributed by atoms with Gasteiger partial charge in [-0.1, -0.05) is 29.8 Å². The standard InChI is InChI=1S/C20H15ClFN5O2/c21-15-4-2-1-3-13(15)11-23-19(28)10-18-24-25-20(29)17-9-16(26-27(17)18)12-5-7-14(22)8-6-12/h1-9H,10-11H2,(H,23,28)(H,25,29). The Morgan fingerprint density at radius 3 is 2.69 bits per heavy atom.